The lowest BCUT2D eigenvalue weighted by Crippen LogP contribution is -2.35. The van der Waals surface area contributed by atoms with Crippen molar-refractivity contribution in [3.63, 3.8) is 0 Å². The average Bonchev–Trinajstić information content (AvgIpc) is 2.85. The quantitative estimate of drug-likeness (QED) is 0.788. The summed E-state index contributed by atoms with van der Waals surface area (Å²) < 4.78 is 1.83. The van der Waals surface area contributed by atoms with E-state index in [2.05, 4.69) is 18.7 Å². The first-order chi connectivity index (χ1) is 12.9. The second-order valence-corrected chi connectivity index (χ2v) is 8.24. The number of carbonyl (C=O) groups is 1. The summed E-state index contributed by atoms with van der Waals surface area (Å²) in [6.07, 6.45) is 1.87. The van der Waals surface area contributed by atoms with Gasteiger partial charge in [0.15, 0.2) is 0 Å². The van der Waals surface area contributed by atoms with Crippen molar-refractivity contribution in [2.24, 2.45) is 0 Å². The Morgan fingerprint density at radius 2 is 1.93 bits per heavy atom. The number of amides is 1. The minimum absolute atomic E-state index is 0.00281. The van der Waals surface area contributed by atoms with Crippen LogP contribution in [0.15, 0.2) is 4.79 Å². The smallest absolute Gasteiger partial charge is 0.264 e. The third-order valence-electron chi connectivity index (χ3n) is 5.82. The van der Waals surface area contributed by atoms with Crippen LogP contribution in [0.25, 0.3) is 10.2 Å². The van der Waals surface area contributed by atoms with E-state index in [0.717, 1.165) is 37.3 Å². The second kappa shape index (κ2) is 8.10. The molecular formula is C20H30N4O2S. The Bertz CT molecular complexity index is 897. The van der Waals surface area contributed by atoms with Gasteiger partial charge in [-0.2, -0.15) is 0 Å². The molecule has 1 amide bonds. The molecule has 0 spiro atoms. The number of fused-ring (bicyclic) bond motifs is 2. The molecule has 0 bridgehead atoms. The summed E-state index contributed by atoms with van der Waals surface area (Å²) in [4.78, 5) is 36.5. The number of aryl methyl sites for hydroxylation is 1. The molecule has 2 aromatic heterocycles. The number of hydrogen-bond acceptors (Lipinski definition) is 5. The maximum atomic E-state index is 13.2. The van der Waals surface area contributed by atoms with Gasteiger partial charge in [-0.3, -0.25) is 19.1 Å². The highest BCUT2D eigenvalue weighted by Gasteiger charge is 2.25. The maximum Gasteiger partial charge on any atom is 0.264 e. The normalized spacial score (nSPS) is 16.2. The van der Waals surface area contributed by atoms with Gasteiger partial charge in [0.05, 0.1) is 10.3 Å². The molecule has 27 heavy (non-hydrogen) atoms. The molecule has 1 aliphatic rings. The molecule has 148 valence electrons. The van der Waals surface area contributed by atoms with Gasteiger partial charge in [0.2, 0.25) is 0 Å². The Morgan fingerprint density at radius 1 is 1.22 bits per heavy atom. The fraction of sp³-hybridized carbons (Fsp3) is 0.650. The monoisotopic (exact) mass is 390 g/mol. The molecule has 0 N–H and O–H groups in total. The molecule has 2 aromatic rings. The summed E-state index contributed by atoms with van der Waals surface area (Å²) in [6.45, 7) is 14.0. The minimum atomic E-state index is 0.00281. The van der Waals surface area contributed by atoms with Gasteiger partial charge in [0.25, 0.3) is 11.5 Å². The first-order valence-corrected chi connectivity index (χ1v) is 10.8. The van der Waals surface area contributed by atoms with Crippen LogP contribution in [0, 0.1) is 6.92 Å². The number of hydrogen-bond donors (Lipinski definition) is 0. The maximum absolute atomic E-state index is 13.2. The van der Waals surface area contributed by atoms with Crippen LogP contribution in [0.4, 0.5) is 0 Å². The Kier molecular flexibility index (Phi) is 6.01. The zero-order chi connectivity index (χ0) is 19.7. The lowest BCUT2D eigenvalue weighted by Gasteiger charge is -2.25. The van der Waals surface area contributed by atoms with Crippen molar-refractivity contribution in [3.8, 4) is 0 Å². The zero-order valence-corrected chi connectivity index (χ0v) is 17.9. The van der Waals surface area contributed by atoms with Crippen LogP contribution in [0.3, 0.4) is 0 Å². The van der Waals surface area contributed by atoms with Crippen molar-refractivity contribution in [2.75, 3.05) is 26.2 Å². The van der Waals surface area contributed by atoms with E-state index in [1.807, 2.05) is 25.3 Å². The number of carbonyl (C=O) groups excluding carboxylic acids is 1. The molecule has 0 radical (unpaired) electrons. The number of thiophene rings is 1. The van der Waals surface area contributed by atoms with Gasteiger partial charge in [0, 0.05) is 45.2 Å². The average molecular weight is 391 g/mol. The molecule has 7 heteroatoms. The first kappa shape index (κ1) is 20.0. The molecule has 0 aliphatic carbocycles. The van der Waals surface area contributed by atoms with Gasteiger partial charge in [-0.05, 0) is 39.7 Å². The third-order valence-corrected chi connectivity index (χ3v) is 7.00. The van der Waals surface area contributed by atoms with Crippen molar-refractivity contribution in [3.05, 3.63) is 26.6 Å². The molecule has 6 nitrogen and oxygen atoms in total. The van der Waals surface area contributed by atoms with Crippen LogP contribution in [0.2, 0.25) is 0 Å². The van der Waals surface area contributed by atoms with Crippen LogP contribution in [-0.4, -0.2) is 57.5 Å². The van der Waals surface area contributed by atoms with E-state index in [4.69, 9.17) is 4.98 Å². The highest BCUT2D eigenvalue weighted by molar-refractivity contribution is 7.20. The number of aromatic nitrogens is 2. The second-order valence-electron chi connectivity index (χ2n) is 7.24. The SMILES string of the molecule is CCC(C)N1CCc2nc3sc(C(=O)N(CC)CC)c(C)c3c(=O)n2CC1. The molecule has 0 saturated carbocycles. The van der Waals surface area contributed by atoms with Gasteiger partial charge in [-0.15, -0.1) is 11.3 Å². The summed E-state index contributed by atoms with van der Waals surface area (Å²) in [5, 5.41) is 0.622. The molecule has 0 saturated heterocycles. The Hall–Kier alpha value is -1.73. The van der Waals surface area contributed by atoms with E-state index in [-0.39, 0.29) is 11.5 Å². The van der Waals surface area contributed by atoms with E-state index in [1.165, 1.54) is 11.3 Å². The van der Waals surface area contributed by atoms with E-state index < -0.39 is 0 Å². The minimum Gasteiger partial charge on any atom is -0.338 e. The molecule has 0 aromatic carbocycles. The fourth-order valence-electron chi connectivity index (χ4n) is 3.82. The highest BCUT2D eigenvalue weighted by Crippen LogP contribution is 2.29. The van der Waals surface area contributed by atoms with Crippen molar-refractivity contribution < 1.29 is 4.79 Å². The van der Waals surface area contributed by atoms with E-state index in [0.29, 0.717) is 40.8 Å². The predicted molar refractivity (Wildman–Crippen MR) is 111 cm³/mol. The van der Waals surface area contributed by atoms with Crippen LogP contribution < -0.4 is 5.56 Å². The Labute approximate surface area is 164 Å². The summed E-state index contributed by atoms with van der Waals surface area (Å²) in [7, 11) is 0. The Balaban J connectivity index is 2.04. The molecule has 1 aliphatic heterocycles. The molecule has 1 unspecified atom stereocenters. The van der Waals surface area contributed by atoms with Gasteiger partial charge in [-0.1, -0.05) is 6.92 Å². The van der Waals surface area contributed by atoms with Crippen LogP contribution in [-0.2, 0) is 13.0 Å². The predicted octanol–water partition coefficient (Wildman–Crippen LogP) is 2.91. The van der Waals surface area contributed by atoms with Crippen molar-refractivity contribution >= 4 is 27.5 Å². The first-order valence-electron chi connectivity index (χ1n) is 9.98. The van der Waals surface area contributed by atoms with E-state index in [9.17, 15) is 9.59 Å². The Morgan fingerprint density at radius 3 is 2.56 bits per heavy atom. The van der Waals surface area contributed by atoms with Gasteiger partial charge in [0.1, 0.15) is 10.7 Å². The fourth-order valence-corrected chi connectivity index (χ4v) is 4.98. The lowest BCUT2D eigenvalue weighted by molar-refractivity contribution is 0.0777. The number of rotatable bonds is 5. The van der Waals surface area contributed by atoms with Crippen LogP contribution >= 0.6 is 11.3 Å². The molecule has 1 atom stereocenters. The summed E-state index contributed by atoms with van der Waals surface area (Å²) in [6, 6.07) is 0.510. The summed E-state index contributed by atoms with van der Waals surface area (Å²) >= 11 is 1.37. The summed E-state index contributed by atoms with van der Waals surface area (Å²) in [5.41, 5.74) is 0.788. The highest BCUT2D eigenvalue weighted by atomic mass is 32.1. The van der Waals surface area contributed by atoms with E-state index >= 15 is 0 Å². The summed E-state index contributed by atoms with van der Waals surface area (Å²) in [5.74, 6) is 0.851. The van der Waals surface area contributed by atoms with Gasteiger partial charge in [-0.25, -0.2) is 4.98 Å². The van der Waals surface area contributed by atoms with Gasteiger partial charge >= 0.3 is 0 Å². The molecule has 3 heterocycles. The van der Waals surface area contributed by atoms with Crippen molar-refractivity contribution in [2.45, 2.75) is 60.0 Å². The van der Waals surface area contributed by atoms with Crippen molar-refractivity contribution in [1.82, 2.24) is 19.4 Å². The largest absolute Gasteiger partial charge is 0.338 e. The number of nitrogens with zero attached hydrogens (tertiary/aromatic N) is 4. The van der Waals surface area contributed by atoms with Gasteiger partial charge < -0.3 is 4.90 Å². The zero-order valence-electron chi connectivity index (χ0n) is 17.0. The molecule has 0 fully saturated rings. The van der Waals surface area contributed by atoms with Crippen LogP contribution in [0.1, 0.15) is 55.2 Å². The van der Waals surface area contributed by atoms with Crippen molar-refractivity contribution in [1.29, 1.82) is 0 Å². The molecule has 3 rings (SSSR count). The van der Waals surface area contributed by atoms with Crippen LogP contribution in [0.5, 0.6) is 0 Å². The van der Waals surface area contributed by atoms with E-state index in [1.54, 1.807) is 4.90 Å². The molecular weight excluding hydrogens is 360 g/mol. The lowest BCUT2D eigenvalue weighted by atomic mass is 10.2. The topological polar surface area (TPSA) is 58.4 Å². The third kappa shape index (κ3) is 3.55. The standard InChI is InChI=1S/C20H30N4O2S/c1-6-13(4)23-10-9-15-21-18-16(19(25)24(15)12-11-23)14(5)17(27-18)20(26)22(7-2)8-3/h13H,6-12H2,1-5H3.